The molecule has 4 N–H and O–H groups in total. The minimum absolute atomic E-state index is 0.0695. The van der Waals surface area contributed by atoms with Crippen molar-refractivity contribution in [3.05, 3.63) is 59.4 Å². The maximum Gasteiger partial charge on any atom is 0.251 e. The fourth-order valence-corrected chi connectivity index (χ4v) is 1.86. The summed E-state index contributed by atoms with van der Waals surface area (Å²) < 4.78 is 0. The van der Waals surface area contributed by atoms with Crippen LogP contribution in [0.1, 0.15) is 33.2 Å². The first-order valence-corrected chi connectivity index (χ1v) is 6.87. The molecular weight excluding hydrogens is 266 g/mol. The predicted molar refractivity (Wildman–Crippen MR) is 81.2 cm³/mol. The second-order valence-electron chi connectivity index (χ2n) is 5.06. The van der Waals surface area contributed by atoms with Gasteiger partial charge >= 0.3 is 0 Å². The number of amides is 1. The second kappa shape index (κ2) is 6.85. The number of carbonyl (C=O) groups is 2. The van der Waals surface area contributed by atoms with E-state index in [2.05, 4.69) is 10.3 Å². The molecule has 5 nitrogen and oxygen atoms in total. The molecule has 0 radical (unpaired) electrons. The van der Waals surface area contributed by atoms with Gasteiger partial charge in [-0.3, -0.25) is 9.59 Å². The Hall–Kier alpha value is -2.40. The number of rotatable bonds is 6. The zero-order valence-corrected chi connectivity index (χ0v) is 11.9. The average Bonchev–Trinajstić information content (AvgIpc) is 3.06. The molecule has 110 valence electrons. The maximum absolute atomic E-state index is 12.1. The number of nitrogens with one attached hydrogen (secondary N) is 2. The highest BCUT2D eigenvalue weighted by molar-refractivity contribution is 6.09. The van der Waals surface area contributed by atoms with E-state index in [-0.39, 0.29) is 17.6 Å². The molecule has 0 aliphatic rings. The van der Waals surface area contributed by atoms with Gasteiger partial charge in [0.05, 0.1) is 0 Å². The molecular formula is C16H19N3O2. The standard InChI is InChI=1S/C16H19N3O2/c1-11(8-17)9-19-16(21)13-4-2-12(3-5-13)15(20)14-6-7-18-10-14/h2-7,10-11,18H,8-9,17H2,1H3,(H,19,21). The Bertz CT molecular complexity index is 603. The highest BCUT2D eigenvalue weighted by Crippen LogP contribution is 2.10. The molecule has 21 heavy (non-hydrogen) atoms. The molecule has 0 aliphatic carbocycles. The van der Waals surface area contributed by atoms with Crippen molar-refractivity contribution in [3.63, 3.8) is 0 Å². The van der Waals surface area contributed by atoms with Crippen LogP contribution in [0.25, 0.3) is 0 Å². The van der Waals surface area contributed by atoms with Crippen molar-refractivity contribution in [2.75, 3.05) is 13.1 Å². The van der Waals surface area contributed by atoms with Crippen molar-refractivity contribution >= 4 is 11.7 Å². The lowest BCUT2D eigenvalue weighted by Gasteiger charge is -2.10. The summed E-state index contributed by atoms with van der Waals surface area (Å²) in [5.41, 5.74) is 7.20. The first-order chi connectivity index (χ1) is 10.1. The molecule has 1 unspecified atom stereocenters. The molecule has 1 atom stereocenters. The zero-order chi connectivity index (χ0) is 15.2. The summed E-state index contributed by atoms with van der Waals surface area (Å²) in [7, 11) is 0. The summed E-state index contributed by atoms with van der Waals surface area (Å²) in [5.74, 6) is 0.0132. The molecule has 1 aromatic heterocycles. The molecule has 5 heteroatoms. The molecule has 1 aromatic carbocycles. The monoisotopic (exact) mass is 285 g/mol. The van der Waals surface area contributed by atoms with Crippen molar-refractivity contribution in [2.24, 2.45) is 11.7 Å². The fourth-order valence-electron chi connectivity index (χ4n) is 1.86. The lowest BCUT2D eigenvalue weighted by Crippen LogP contribution is -2.31. The van der Waals surface area contributed by atoms with E-state index < -0.39 is 0 Å². The van der Waals surface area contributed by atoms with E-state index in [1.54, 1.807) is 42.7 Å². The van der Waals surface area contributed by atoms with Gasteiger partial charge in [0.1, 0.15) is 0 Å². The van der Waals surface area contributed by atoms with E-state index in [0.717, 1.165) is 0 Å². The number of nitrogens with two attached hydrogens (primary N) is 1. The lowest BCUT2D eigenvalue weighted by atomic mass is 10.0. The largest absolute Gasteiger partial charge is 0.367 e. The van der Waals surface area contributed by atoms with Crippen molar-refractivity contribution in [1.82, 2.24) is 10.3 Å². The summed E-state index contributed by atoms with van der Waals surface area (Å²) in [5, 5.41) is 2.82. The topological polar surface area (TPSA) is 88.0 Å². The van der Waals surface area contributed by atoms with E-state index in [1.807, 2.05) is 6.92 Å². The maximum atomic E-state index is 12.1. The summed E-state index contributed by atoms with van der Waals surface area (Å²) in [6, 6.07) is 8.36. The normalized spacial score (nSPS) is 11.9. The van der Waals surface area contributed by atoms with Crippen LogP contribution in [-0.4, -0.2) is 29.8 Å². The number of carbonyl (C=O) groups excluding carboxylic acids is 2. The Morgan fingerprint density at radius 3 is 2.38 bits per heavy atom. The van der Waals surface area contributed by atoms with Crippen LogP contribution >= 0.6 is 0 Å². The Balaban J connectivity index is 2.02. The van der Waals surface area contributed by atoms with E-state index >= 15 is 0 Å². The molecule has 0 fully saturated rings. The smallest absolute Gasteiger partial charge is 0.251 e. The number of aromatic amines is 1. The number of aromatic nitrogens is 1. The summed E-state index contributed by atoms with van der Waals surface area (Å²) in [4.78, 5) is 26.9. The third-order valence-electron chi connectivity index (χ3n) is 3.28. The van der Waals surface area contributed by atoms with Gasteiger partial charge in [-0.1, -0.05) is 19.1 Å². The van der Waals surface area contributed by atoms with Crippen LogP contribution in [0.5, 0.6) is 0 Å². The second-order valence-corrected chi connectivity index (χ2v) is 5.06. The Labute approximate surface area is 123 Å². The van der Waals surface area contributed by atoms with Crippen LogP contribution < -0.4 is 11.1 Å². The predicted octanol–water partition coefficient (Wildman–Crippen LogP) is 1.57. The molecule has 0 bridgehead atoms. The van der Waals surface area contributed by atoms with E-state index in [1.165, 1.54) is 0 Å². The molecule has 2 aromatic rings. The van der Waals surface area contributed by atoms with Gasteiger partial charge in [-0.25, -0.2) is 0 Å². The lowest BCUT2D eigenvalue weighted by molar-refractivity contribution is 0.0947. The van der Waals surface area contributed by atoms with Crippen molar-refractivity contribution in [2.45, 2.75) is 6.92 Å². The average molecular weight is 285 g/mol. The minimum atomic E-state index is -0.157. The number of benzene rings is 1. The fraction of sp³-hybridized carbons (Fsp3) is 0.250. The van der Waals surface area contributed by atoms with Gasteiger partial charge < -0.3 is 16.0 Å². The number of hydrogen-bond acceptors (Lipinski definition) is 3. The molecule has 0 saturated heterocycles. The number of H-pyrrole nitrogens is 1. The first kappa shape index (κ1) is 15.0. The number of ketones is 1. The SMILES string of the molecule is CC(CN)CNC(=O)c1ccc(C(=O)c2cc[nH]c2)cc1. The number of hydrogen-bond donors (Lipinski definition) is 3. The molecule has 2 rings (SSSR count). The van der Waals surface area contributed by atoms with E-state index in [4.69, 9.17) is 5.73 Å². The van der Waals surface area contributed by atoms with Gasteiger partial charge in [0.2, 0.25) is 0 Å². The van der Waals surface area contributed by atoms with Gasteiger partial charge in [0.15, 0.2) is 5.78 Å². The highest BCUT2D eigenvalue weighted by atomic mass is 16.1. The van der Waals surface area contributed by atoms with Crippen LogP contribution in [0.15, 0.2) is 42.7 Å². The van der Waals surface area contributed by atoms with Crippen LogP contribution in [0.4, 0.5) is 0 Å². The summed E-state index contributed by atoms with van der Waals surface area (Å²) in [6.07, 6.45) is 3.35. The Kier molecular flexibility index (Phi) is 4.90. The zero-order valence-electron chi connectivity index (χ0n) is 11.9. The first-order valence-electron chi connectivity index (χ1n) is 6.87. The van der Waals surface area contributed by atoms with Crippen molar-refractivity contribution < 1.29 is 9.59 Å². The van der Waals surface area contributed by atoms with Gasteiger partial charge in [-0.05, 0) is 30.7 Å². The van der Waals surface area contributed by atoms with Crippen molar-refractivity contribution in [1.29, 1.82) is 0 Å². The molecule has 1 amide bonds. The van der Waals surface area contributed by atoms with E-state index in [0.29, 0.717) is 29.8 Å². The van der Waals surface area contributed by atoms with Crippen LogP contribution in [0.2, 0.25) is 0 Å². The molecule has 0 spiro atoms. The van der Waals surface area contributed by atoms with E-state index in [9.17, 15) is 9.59 Å². The summed E-state index contributed by atoms with van der Waals surface area (Å²) >= 11 is 0. The summed E-state index contributed by atoms with van der Waals surface area (Å²) in [6.45, 7) is 3.04. The quantitative estimate of drug-likeness (QED) is 0.704. The van der Waals surface area contributed by atoms with Crippen LogP contribution in [0.3, 0.4) is 0 Å². The van der Waals surface area contributed by atoms with Gasteiger partial charge in [-0.15, -0.1) is 0 Å². The van der Waals surface area contributed by atoms with Gasteiger partial charge in [0.25, 0.3) is 5.91 Å². The van der Waals surface area contributed by atoms with Crippen LogP contribution in [-0.2, 0) is 0 Å². The minimum Gasteiger partial charge on any atom is -0.367 e. The highest BCUT2D eigenvalue weighted by Gasteiger charge is 2.11. The third kappa shape index (κ3) is 3.79. The Morgan fingerprint density at radius 2 is 1.81 bits per heavy atom. The van der Waals surface area contributed by atoms with Crippen LogP contribution in [0, 0.1) is 5.92 Å². The van der Waals surface area contributed by atoms with Gasteiger partial charge in [-0.2, -0.15) is 0 Å². The molecule has 1 heterocycles. The third-order valence-corrected chi connectivity index (χ3v) is 3.28. The van der Waals surface area contributed by atoms with Gasteiger partial charge in [0, 0.05) is 35.6 Å². The molecule has 0 saturated carbocycles. The Morgan fingerprint density at radius 1 is 1.14 bits per heavy atom. The molecule has 0 aliphatic heterocycles. The van der Waals surface area contributed by atoms with Crippen molar-refractivity contribution in [3.8, 4) is 0 Å².